The molecule has 1 aliphatic heterocycles. The van der Waals surface area contributed by atoms with Crippen molar-refractivity contribution in [2.45, 2.75) is 39.5 Å². The van der Waals surface area contributed by atoms with Gasteiger partial charge in [-0.15, -0.1) is 0 Å². The zero-order valence-electron chi connectivity index (χ0n) is 15.2. The largest absolute Gasteiger partial charge is 0.493 e. The zero-order valence-corrected chi connectivity index (χ0v) is 15.2. The van der Waals surface area contributed by atoms with Gasteiger partial charge in [0.05, 0.1) is 11.4 Å². The lowest BCUT2D eigenvalue weighted by molar-refractivity contribution is 0.239. The second-order valence-electron chi connectivity index (χ2n) is 6.49. The Kier molecular flexibility index (Phi) is 5.25. The standard InChI is InChI=1S/C19H24N4O3/c1-3-14(21-22-11-7-4-8-12-22)16-17(24)20-19(26)23(18(16)25)15-10-6-5-9-13(15)2/h5-6,9-10,25H,3-4,7-8,11-12H2,1-2H3,(H,20,24,26). The molecule has 3 rings (SSSR count). The minimum Gasteiger partial charge on any atom is -0.493 e. The summed E-state index contributed by atoms with van der Waals surface area (Å²) < 4.78 is 1.13. The normalized spacial score (nSPS) is 15.3. The number of hydrogen-bond acceptors (Lipinski definition) is 5. The second-order valence-corrected chi connectivity index (χ2v) is 6.49. The van der Waals surface area contributed by atoms with Crippen molar-refractivity contribution in [2.75, 3.05) is 13.1 Å². The third-order valence-corrected chi connectivity index (χ3v) is 4.66. The average molecular weight is 356 g/mol. The molecule has 1 aromatic carbocycles. The summed E-state index contributed by atoms with van der Waals surface area (Å²) >= 11 is 0. The summed E-state index contributed by atoms with van der Waals surface area (Å²) in [7, 11) is 0. The number of aryl methyl sites for hydroxylation is 1. The van der Waals surface area contributed by atoms with E-state index in [0.29, 0.717) is 17.8 Å². The van der Waals surface area contributed by atoms with E-state index in [0.717, 1.165) is 36.1 Å². The van der Waals surface area contributed by atoms with Gasteiger partial charge in [-0.05, 0) is 44.2 Å². The average Bonchev–Trinajstić information content (AvgIpc) is 2.63. The first-order valence-corrected chi connectivity index (χ1v) is 9.00. The highest BCUT2D eigenvalue weighted by molar-refractivity contribution is 6.01. The van der Waals surface area contributed by atoms with E-state index in [1.807, 2.05) is 31.0 Å². The Bertz CT molecular complexity index is 937. The Balaban J connectivity index is 2.17. The van der Waals surface area contributed by atoms with Crippen molar-refractivity contribution in [2.24, 2.45) is 5.10 Å². The first-order chi connectivity index (χ1) is 12.5. The van der Waals surface area contributed by atoms with E-state index in [-0.39, 0.29) is 11.4 Å². The number of aromatic amines is 1. The number of benzene rings is 1. The number of para-hydroxylation sites is 1. The Morgan fingerprint density at radius 1 is 1.19 bits per heavy atom. The Labute approximate surface area is 151 Å². The van der Waals surface area contributed by atoms with Crippen molar-refractivity contribution in [3.63, 3.8) is 0 Å². The van der Waals surface area contributed by atoms with E-state index in [9.17, 15) is 14.7 Å². The molecule has 7 heteroatoms. The van der Waals surface area contributed by atoms with Gasteiger partial charge in [0, 0.05) is 13.1 Å². The minimum absolute atomic E-state index is 0.0564. The first kappa shape index (κ1) is 18.0. The van der Waals surface area contributed by atoms with Crippen LogP contribution >= 0.6 is 0 Å². The van der Waals surface area contributed by atoms with Gasteiger partial charge >= 0.3 is 5.69 Å². The monoisotopic (exact) mass is 356 g/mol. The predicted octanol–water partition coefficient (Wildman–Crippen LogP) is 2.14. The van der Waals surface area contributed by atoms with Gasteiger partial charge in [0.15, 0.2) is 0 Å². The summed E-state index contributed by atoms with van der Waals surface area (Å²) in [5, 5.41) is 17.3. The number of H-pyrrole nitrogens is 1. The molecule has 0 bridgehead atoms. The van der Waals surface area contributed by atoms with Gasteiger partial charge in [-0.25, -0.2) is 9.36 Å². The first-order valence-electron chi connectivity index (χ1n) is 9.00. The van der Waals surface area contributed by atoms with E-state index in [1.54, 1.807) is 12.1 Å². The zero-order chi connectivity index (χ0) is 18.7. The molecule has 1 saturated heterocycles. The summed E-state index contributed by atoms with van der Waals surface area (Å²) in [5.41, 5.74) is 0.595. The van der Waals surface area contributed by atoms with E-state index >= 15 is 0 Å². The van der Waals surface area contributed by atoms with Crippen LogP contribution in [0.1, 0.15) is 43.7 Å². The SMILES string of the molecule is CCC(=NN1CCCCC1)c1c(O)n(-c2ccccc2C)c(=O)[nH]c1=O. The van der Waals surface area contributed by atoms with Crippen LogP contribution in [0.4, 0.5) is 0 Å². The van der Waals surface area contributed by atoms with Crippen molar-refractivity contribution in [3.8, 4) is 11.6 Å². The Morgan fingerprint density at radius 3 is 2.54 bits per heavy atom. The highest BCUT2D eigenvalue weighted by Crippen LogP contribution is 2.21. The molecule has 1 fully saturated rings. The van der Waals surface area contributed by atoms with Crippen molar-refractivity contribution < 1.29 is 5.11 Å². The summed E-state index contributed by atoms with van der Waals surface area (Å²) in [6, 6.07) is 7.20. The van der Waals surface area contributed by atoms with Crippen LogP contribution in [0.2, 0.25) is 0 Å². The molecule has 138 valence electrons. The predicted molar refractivity (Wildman–Crippen MR) is 101 cm³/mol. The second kappa shape index (κ2) is 7.59. The van der Waals surface area contributed by atoms with Crippen molar-refractivity contribution in [1.29, 1.82) is 0 Å². The van der Waals surface area contributed by atoms with E-state index in [2.05, 4.69) is 10.1 Å². The summed E-state index contributed by atoms with van der Waals surface area (Å²) in [5.74, 6) is -0.370. The van der Waals surface area contributed by atoms with E-state index in [4.69, 9.17) is 0 Å². The van der Waals surface area contributed by atoms with Crippen LogP contribution in [0.3, 0.4) is 0 Å². The third-order valence-electron chi connectivity index (χ3n) is 4.66. The Morgan fingerprint density at radius 2 is 1.88 bits per heavy atom. The molecule has 0 aliphatic carbocycles. The van der Waals surface area contributed by atoms with Gasteiger partial charge in [-0.3, -0.25) is 14.8 Å². The summed E-state index contributed by atoms with van der Waals surface area (Å²) in [4.78, 5) is 27.1. The van der Waals surface area contributed by atoms with Crippen molar-refractivity contribution in [3.05, 3.63) is 56.2 Å². The fourth-order valence-electron chi connectivity index (χ4n) is 3.27. The lowest BCUT2D eigenvalue weighted by Crippen LogP contribution is -2.34. The molecule has 0 atom stereocenters. The van der Waals surface area contributed by atoms with Gasteiger partial charge < -0.3 is 5.11 Å². The quantitative estimate of drug-likeness (QED) is 0.821. The number of nitrogens with one attached hydrogen (secondary N) is 1. The molecule has 0 saturated carbocycles. The molecule has 1 aliphatic rings. The van der Waals surface area contributed by atoms with Gasteiger partial charge in [0.1, 0.15) is 5.56 Å². The fourth-order valence-corrected chi connectivity index (χ4v) is 3.27. The number of piperidine rings is 1. The minimum atomic E-state index is -0.668. The fraction of sp³-hybridized carbons (Fsp3) is 0.421. The maximum Gasteiger partial charge on any atom is 0.335 e. The van der Waals surface area contributed by atoms with Crippen LogP contribution < -0.4 is 11.2 Å². The van der Waals surface area contributed by atoms with E-state index < -0.39 is 11.2 Å². The molecule has 26 heavy (non-hydrogen) atoms. The molecule has 2 heterocycles. The van der Waals surface area contributed by atoms with Crippen LogP contribution in [-0.4, -0.2) is 38.5 Å². The molecule has 1 aromatic heterocycles. The van der Waals surface area contributed by atoms with Gasteiger partial charge in [0.2, 0.25) is 5.88 Å². The van der Waals surface area contributed by atoms with Crippen molar-refractivity contribution >= 4 is 5.71 Å². The highest BCUT2D eigenvalue weighted by Gasteiger charge is 2.21. The molecular weight excluding hydrogens is 332 g/mol. The number of nitrogens with zero attached hydrogens (tertiary/aromatic N) is 3. The molecular formula is C19H24N4O3. The number of rotatable bonds is 4. The van der Waals surface area contributed by atoms with E-state index in [1.165, 1.54) is 6.42 Å². The smallest absolute Gasteiger partial charge is 0.335 e. The maximum atomic E-state index is 12.4. The maximum absolute atomic E-state index is 12.4. The molecule has 2 N–H and O–H groups in total. The number of aromatic hydroxyl groups is 1. The van der Waals surface area contributed by atoms with Crippen LogP contribution in [0.5, 0.6) is 5.88 Å². The van der Waals surface area contributed by atoms with Crippen LogP contribution in [-0.2, 0) is 0 Å². The van der Waals surface area contributed by atoms with Crippen LogP contribution in [0.15, 0.2) is 39.0 Å². The molecule has 0 amide bonds. The van der Waals surface area contributed by atoms with Crippen LogP contribution in [0.25, 0.3) is 5.69 Å². The topological polar surface area (TPSA) is 90.7 Å². The molecule has 0 spiro atoms. The highest BCUT2D eigenvalue weighted by atomic mass is 16.3. The number of hydrazone groups is 1. The van der Waals surface area contributed by atoms with Crippen LogP contribution in [0, 0.1) is 6.92 Å². The summed E-state index contributed by atoms with van der Waals surface area (Å²) in [6.07, 6.45) is 3.77. The number of aromatic nitrogens is 2. The molecule has 2 aromatic rings. The Hall–Kier alpha value is -2.83. The molecule has 0 unspecified atom stereocenters. The van der Waals surface area contributed by atoms with Gasteiger partial charge in [-0.2, -0.15) is 5.10 Å². The number of hydrogen-bond donors (Lipinski definition) is 2. The third kappa shape index (κ3) is 3.42. The molecule has 0 radical (unpaired) electrons. The summed E-state index contributed by atoms with van der Waals surface area (Å²) in [6.45, 7) is 5.39. The van der Waals surface area contributed by atoms with Gasteiger partial charge in [0.25, 0.3) is 5.56 Å². The lowest BCUT2D eigenvalue weighted by atomic mass is 10.1. The van der Waals surface area contributed by atoms with Gasteiger partial charge in [-0.1, -0.05) is 25.1 Å². The lowest BCUT2D eigenvalue weighted by Gasteiger charge is -2.25. The van der Waals surface area contributed by atoms with Crippen molar-refractivity contribution in [1.82, 2.24) is 14.6 Å². The molecule has 7 nitrogen and oxygen atoms in total.